The van der Waals surface area contributed by atoms with Crippen LogP contribution in [-0.2, 0) is 27.2 Å². The normalized spacial score (nSPS) is 11.1. The predicted octanol–water partition coefficient (Wildman–Crippen LogP) is 1.28. The zero-order chi connectivity index (χ0) is 21.7. The van der Waals surface area contributed by atoms with Crippen LogP contribution in [0, 0.1) is 6.92 Å². The third-order valence-corrected chi connectivity index (χ3v) is 5.90. The van der Waals surface area contributed by atoms with Crippen LogP contribution in [0.1, 0.15) is 26.6 Å². The van der Waals surface area contributed by atoms with Crippen LogP contribution in [0.15, 0.2) is 51.5 Å². The summed E-state index contributed by atoms with van der Waals surface area (Å²) in [5, 5.41) is 4.78. The lowest BCUT2D eigenvalue weighted by atomic mass is 10.2. The molecule has 0 radical (unpaired) electrons. The van der Waals surface area contributed by atoms with E-state index in [9.17, 15) is 14.4 Å². The summed E-state index contributed by atoms with van der Waals surface area (Å²) < 4.78 is 2.61. The summed E-state index contributed by atoms with van der Waals surface area (Å²) in [5.74, 6) is -0.114. The van der Waals surface area contributed by atoms with E-state index in [0.29, 0.717) is 42.3 Å². The third-order valence-electron chi connectivity index (χ3n) is 5.03. The summed E-state index contributed by atoms with van der Waals surface area (Å²) >= 11 is 1.39. The topological polar surface area (TPSA) is 89.2 Å². The maximum Gasteiger partial charge on any atom is 0.330 e. The maximum atomic E-state index is 12.7. The van der Waals surface area contributed by atoms with Crippen molar-refractivity contribution in [2.45, 2.75) is 20.0 Å². The summed E-state index contributed by atoms with van der Waals surface area (Å²) in [4.78, 5) is 44.2. The van der Waals surface area contributed by atoms with E-state index >= 15 is 0 Å². The van der Waals surface area contributed by atoms with E-state index in [1.165, 1.54) is 23.0 Å². The zero-order valence-electron chi connectivity index (χ0n) is 17.3. The monoisotopic (exact) mass is 427 g/mol. The zero-order valence-corrected chi connectivity index (χ0v) is 18.1. The van der Waals surface area contributed by atoms with Crippen molar-refractivity contribution in [2.75, 3.05) is 13.1 Å². The molecule has 3 heterocycles. The van der Waals surface area contributed by atoms with Gasteiger partial charge in [-0.25, -0.2) is 4.79 Å². The second-order valence-corrected chi connectivity index (χ2v) is 7.98. The van der Waals surface area contributed by atoms with Gasteiger partial charge in [0.25, 0.3) is 11.5 Å². The fraction of sp³-hybridized carbons (Fsp3) is 0.333. The number of aromatic nitrogens is 3. The number of nitrogens with zero attached hydrogens (tertiary/aromatic N) is 4. The van der Waals surface area contributed by atoms with Crippen LogP contribution in [-0.4, -0.2) is 38.0 Å². The molecule has 0 saturated heterocycles. The Hall–Kier alpha value is -3.04. The molecule has 1 N–H and O–H groups in total. The minimum Gasteiger partial charge on any atom is -0.350 e. The van der Waals surface area contributed by atoms with Gasteiger partial charge < -0.3 is 9.88 Å². The van der Waals surface area contributed by atoms with Crippen molar-refractivity contribution in [3.05, 3.63) is 84.6 Å². The summed E-state index contributed by atoms with van der Waals surface area (Å²) in [6.07, 6.45) is 1.72. The van der Waals surface area contributed by atoms with Gasteiger partial charge in [-0.05, 0) is 30.5 Å². The molecule has 30 heavy (non-hydrogen) atoms. The van der Waals surface area contributed by atoms with E-state index in [2.05, 4.69) is 10.3 Å². The van der Waals surface area contributed by atoms with Gasteiger partial charge >= 0.3 is 5.69 Å². The van der Waals surface area contributed by atoms with Gasteiger partial charge in [0, 0.05) is 52.2 Å². The molecule has 0 aliphatic carbocycles. The molecule has 0 aliphatic rings. The molecule has 0 aromatic carbocycles. The molecule has 0 spiro atoms. The molecule has 0 aliphatic heterocycles. The van der Waals surface area contributed by atoms with E-state index in [1.54, 1.807) is 26.2 Å². The third kappa shape index (κ3) is 4.92. The average molecular weight is 428 g/mol. The standard InChI is InChI=1S/C21H25N5O3S/c1-15-17(20(28)25(3)21(29)24(15)2)14-26(13-16-7-4-5-9-22-16)11-10-23-19(27)18-8-6-12-30-18/h4-9,12H,10-11,13-14H2,1-3H3,(H,23,27). The second kappa shape index (κ2) is 9.64. The Morgan fingerprint density at radius 3 is 2.60 bits per heavy atom. The molecule has 0 unspecified atom stereocenters. The lowest BCUT2D eigenvalue weighted by molar-refractivity contribution is 0.0951. The van der Waals surface area contributed by atoms with Crippen molar-refractivity contribution in [3.63, 3.8) is 0 Å². The predicted molar refractivity (Wildman–Crippen MR) is 117 cm³/mol. The number of hydrogen-bond donors (Lipinski definition) is 1. The lowest BCUT2D eigenvalue weighted by Crippen LogP contribution is -2.42. The van der Waals surface area contributed by atoms with Crippen LogP contribution in [0.25, 0.3) is 0 Å². The Balaban J connectivity index is 1.79. The largest absolute Gasteiger partial charge is 0.350 e. The maximum absolute atomic E-state index is 12.7. The van der Waals surface area contributed by atoms with Gasteiger partial charge in [0.05, 0.1) is 16.1 Å². The summed E-state index contributed by atoms with van der Waals surface area (Å²) in [5.41, 5.74) is 1.41. The Morgan fingerprint density at radius 1 is 1.13 bits per heavy atom. The van der Waals surface area contributed by atoms with Crippen molar-refractivity contribution in [1.29, 1.82) is 0 Å². The van der Waals surface area contributed by atoms with Crippen molar-refractivity contribution < 1.29 is 4.79 Å². The SMILES string of the molecule is Cc1c(CN(CCNC(=O)c2cccs2)Cc2ccccn2)c(=O)n(C)c(=O)n1C. The number of rotatable bonds is 8. The second-order valence-electron chi connectivity index (χ2n) is 7.03. The molecular weight excluding hydrogens is 402 g/mol. The molecule has 158 valence electrons. The van der Waals surface area contributed by atoms with Crippen LogP contribution in [0.2, 0.25) is 0 Å². The highest BCUT2D eigenvalue weighted by Crippen LogP contribution is 2.10. The summed E-state index contributed by atoms with van der Waals surface area (Å²) in [6, 6.07) is 9.30. The van der Waals surface area contributed by atoms with Gasteiger partial charge in [-0.1, -0.05) is 12.1 Å². The van der Waals surface area contributed by atoms with Crippen molar-refractivity contribution in [1.82, 2.24) is 24.3 Å². The molecular formula is C21H25N5O3S. The average Bonchev–Trinajstić information content (AvgIpc) is 3.29. The number of hydrogen-bond acceptors (Lipinski definition) is 6. The molecule has 1 amide bonds. The summed E-state index contributed by atoms with van der Waals surface area (Å²) in [7, 11) is 3.14. The first-order valence-electron chi connectivity index (χ1n) is 9.58. The van der Waals surface area contributed by atoms with Gasteiger partial charge in [0.1, 0.15) is 0 Å². The highest BCUT2D eigenvalue weighted by molar-refractivity contribution is 7.12. The molecule has 9 heteroatoms. The van der Waals surface area contributed by atoms with Gasteiger partial charge in [-0.2, -0.15) is 0 Å². The molecule has 8 nitrogen and oxygen atoms in total. The van der Waals surface area contributed by atoms with Crippen molar-refractivity contribution in [3.8, 4) is 0 Å². The van der Waals surface area contributed by atoms with Gasteiger partial charge in [-0.15, -0.1) is 11.3 Å². The van der Waals surface area contributed by atoms with E-state index in [4.69, 9.17) is 0 Å². The van der Waals surface area contributed by atoms with E-state index < -0.39 is 0 Å². The van der Waals surface area contributed by atoms with Crippen LogP contribution in [0.3, 0.4) is 0 Å². The number of carbonyl (C=O) groups is 1. The fourth-order valence-electron chi connectivity index (χ4n) is 3.18. The first-order chi connectivity index (χ1) is 14.4. The quantitative estimate of drug-likeness (QED) is 0.585. The highest BCUT2D eigenvalue weighted by atomic mass is 32.1. The van der Waals surface area contributed by atoms with Crippen molar-refractivity contribution in [2.24, 2.45) is 14.1 Å². The molecule has 3 aromatic heterocycles. The van der Waals surface area contributed by atoms with Crippen LogP contribution >= 0.6 is 11.3 Å². The Bertz CT molecular complexity index is 1120. The first-order valence-corrected chi connectivity index (χ1v) is 10.5. The number of pyridine rings is 1. The molecule has 0 fully saturated rings. The molecule has 0 saturated carbocycles. The highest BCUT2D eigenvalue weighted by Gasteiger charge is 2.17. The summed E-state index contributed by atoms with van der Waals surface area (Å²) in [6.45, 7) is 3.59. The van der Waals surface area contributed by atoms with Gasteiger partial charge in [-0.3, -0.25) is 24.0 Å². The molecule has 0 bridgehead atoms. The van der Waals surface area contributed by atoms with Gasteiger partial charge in [0.2, 0.25) is 0 Å². The number of thiophene rings is 1. The van der Waals surface area contributed by atoms with Crippen molar-refractivity contribution >= 4 is 17.2 Å². The van der Waals surface area contributed by atoms with Crippen LogP contribution < -0.4 is 16.6 Å². The number of nitrogens with one attached hydrogen (secondary N) is 1. The molecule has 0 atom stereocenters. The minimum atomic E-state index is -0.347. The Kier molecular flexibility index (Phi) is 6.96. The first kappa shape index (κ1) is 21.7. The lowest BCUT2D eigenvalue weighted by Gasteiger charge is -2.23. The van der Waals surface area contributed by atoms with Crippen LogP contribution in [0.4, 0.5) is 0 Å². The van der Waals surface area contributed by atoms with E-state index in [0.717, 1.165) is 10.3 Å². The Labute approximate surface area is 178 Å². The van der Waals surface area contributed by atoms with E-state index in [-0.39, 0.29) is 17.2 Å². The fourth-order valence-corrected chi connectivity index (χ4v) is 3.82. The molecule has 3 rings (SSSR count). The minimum absolute atomic E-state index is 0.114. The van der Waals surface area contributed by atoms with E-state index in [1.807, 2.05) is 34.5 Å². The van der Waals surface area contributed by atoms with Gasteiger partial charge in [0.15, 0.2) is 0 Å². The van der Waals surface area contributed by atoms with Crippen LogP contribution in [0.5, 0.6) is 0 Å². The number of amides is 1. The number of carbonyl (C=O) groups excluding carboxylic acids is 1. The Morgan fingerprint density at radius 2 is 1.93 bits per heavy atom. The smallest absolute Gasteiger partial charge is 0.330 e. The molecule has 3 aromatic rings.